The fourth-order valence-corrected chi connectivity index (χ4v) is 3.47. The van der Waals surface area contributed by atoms with Gasteiger partial charge in [-0.3, -0.25) is 0 Å². The number of methoxy groups -OCH3 is 1. The molecule has 0 aromatic heterocycles. The van der Waals surface area contributed by atoms with Gasteiger partial charge in [-0.05, 0) is 31.7 Å². The van der Waals surface area contributed by atoms with Gasteiger partial charge in [0, 0.05) is 31.9 Å². The van der Waals surface area contributed by atoms with Gasteiger partial charge in [0.05, 0.1) is 7.11 Å². The van der Waals surface area contributed by atoms with Crippen LogP contribution in [-0.4, -0.2) is 58.7 Å². The molecule has 1 aliphatic heterocycles. The van der Waals surface area contributed by atoms with Crippen LogP contribution < -0.4 is 15.3 Å². The van der Waals surface area contributed by atoms with E-state index in [1.165, 1.54) is 13.2 Å². The van der Waals surface area contributed by atoms with Crippen LogP contribution in [0.3, 0.4) is 0 Å². The maximum Gasteiger partial charge on any atom is 0.257 e. The number of nitrogens with one attached hydrogen (secondary N) is 1. The summed E-state index contributed by atoms with van der Waals surface area (Å²) in [4.78, 5) is 4.81. The summed E-state index contributed by atoms with van der Waals surface area (Å²) in [6.45, 7) is 4.71. The normalized spacial score (nSPS) is 17.9. The molecule has 0 saturated carbocycles. The number of anilines is 1. The lowest BCUT2D eigenvalue weighted by atomic mass is 10.2. The minimum Gasteiger partial charge on any atom is -0.495 e. The zero-order chi connectivity index (χ0) is 15.6. The molecule has 2 rings (SSSR count). The van der Waals surface area contributed by atoms with Crippen molar-refractivity contribution in [2.24, 2.45) is 0 Å². The molecule has 1 fully saturated rings. The number of nitrogens with zero attached hydrogens (tertiary/aromatic N) is 2. The van der Waals surface area contributed by atoms with E-state index in [1.807, 2.05) is 14.0 Å². The molecular formula is C13H22N4O3S. The summed E-state index contributed by atoms with van der Waals surface area (Å²) >= 11 is 0. The zero-order valence-corrected chi connectivity index (χ0v) is 13.4. The fraction of sp³-hybridized carbons (Fsp3) is 0.538. The molecule has 8 heteroatoms. The SMILES string of the molecule is COc1cc(C)c(N)cc1S(=O)(=O)NN1CCN(C)CC1. The second-order valence-electron chi connectivity index (χ2n) is 5.24. The van der Waals surface area contributed by atoms with E-state index < -0.39 is 10.0 Å². The molecule has 1 aromatic carbocycles. The first-order valence-corrected chi connectivity index (χ1v) is 8.22. The Hall–Kier alpha value is -1.35. The van der Waals surface area contributed by atoms with E-state index in [2.05, 4.69) is 9.73 Å². The topological polar surface area (TPSA) is 87.9 Å². The smallest absolute Gasteiger partial charge is 0.257 e. The molecule has 1 aliphatic rings. The maximum atomic E-state index is 12.5. The molecule has 0 aliphatic carbocycles. The van der Waals surface area contributed by atoms with Gasteiger partial charge in [-0.25, -0.2) is 13.4 Å². The van der Waals surface area contributed by atoms with Gasteiger partial charge in [-0.2, -0.15) is 0 Å². The molecule has 0 spiro atoms. The number of nitrogen functional groups attached to an aromatic ring is 1. The molecule has 0 radical (unpaired) electrons. The molecular weight excluding hydrogens is 292 g/mol. The number of aryl methyl sites for hydroxylation is 1. The van der Waals surface area contributed by atoms with Crippen LogP contribution in [0.1, 0.15) is 5.56 Å². The van der Waals surface area contributed by atoms with Crippen molar-refractivity contribution < 1.29 is 13.2 Å². The van der Waals surface area contributed by atoms with Gasteiger partial charge in [-0.15, -0.1) is 4.83 Å². The number of hydrazine groups is 1. The summed E-state index contributed by atoms with van der Waals surface area (Å²) in [7, 11) is -0.253. The molecule has 7 nitrogen and oxygen atoms in total. The quantitative estimate of drug-likeness (QED) is 0.762. The first-order valence-electron chi connectivity index (χ1n) is 6.73. The third kappa shape index (κ3) is 3.65. The number of benzene rings is 1. The van der Waals surface area contributed by atoms with Crippen LogP contribution in [0, 0.1) is 6.92 Å². The van der Waals surface area contributed by atoms with Gasteiger partial charge in [0.15, 0.2) is 0 Å². The van der Waals surface area contributed by atoms with Crippen LogP contribution in [0.5, 0.6) is 5.75 Å². The number of nitrogens with two attached hydrogens (primary N) is 1. The highest BCUT2D eigenvalue weighted by molar-refractivity contribution is 7.89. The highest BCUT2D eigenvalue weighted by Crippen LogP contribution is 2.28. The lowest BCUT2D eigenvalue weighted by Crippen LogP contribution is -2.52. The monoisotopic (exact) mass is 314 g/mol. The third-order valence-corrected chi connectivity index (χ3v) is 4.99. The van der Waals surface area contributed by atoms with Gasteiger partial charge >= 0.3 is 0 Å². The summed E-state index contributed by atoms with van der Waals surface area (Å²) in [6.07, 6.45) is 0. The summed E-state index contributed by atoms with van der Waals surface area (Å²) in [5.74, 6) is 0.295. The van der Waals surface area contributed by atoms with E-state index in [0.717, 1.165) is 18.7 Å². The van der Waals surface area contributed by atoms with E-state index in [0.29, 0.717) is 24.5 Å². The lowest BCUT2D eigenvalue weighted by Gasteiger charge is -2.32. The van der Waals surface area contributed by atoms with E-state index in [-0.39, 0.29) is 4.90 Å². The maximum absolute atomic E-state index is 12.5. The molecule has 3 N–H and O–H groups in total. The Morgan fingerprint density at radius 3 is 2.43 bits per heavy atom. The summed E-state index contributed by atoms with van der Waals surface area (Å²) in [6, 6.07) is 3.07. The number of rotatable bonds is 4. The molecule has 1 heterocycles. The Morgan fingerprint density at radius 1 is 1.24 bits per heavy atom. The van der Waals surface area contributed by atoms with E-state index in [4.69, 9.17) is 10.5 Å². The van der Waals surface area contributed by atoms with E-state index >= 15 is 0 Å². The predicted molar refractivity (Wildman–Crippen MR) is 81.5 cm³/mol. The standard InChI is InChI=1S/C13H22N4O3S/c1-10-8-12(20-3)13(9-11(10)14)21(18,19)15-17-6-4-16(2)5-7-17/h8-9,15H,4-7,14H2,1-3H3. The van der Waals surface area contributed by atoms with Gasteiger partial charge in [-0.1, -0.05) is 0 Å². The van der Waals surface area contributed by atoms with Crippen molar-refractivity contribution in [2.45, 2.75) is 11.8 Å². The van der Waals surface area contributed by atoms with Crippen molar-refractivity contribution in [3.63, 3.8) is 0 Å². The first kappa shape index (κ1) is 16.0. The van der Waals surface area contributed by atoms with E-state index in [9.17, 15) is 8.42 Å². The number of likely N-dealkylation sites (N-methyl/N-ethyl adjacent to an activating group) is 1. The minimum absolute atomic E-state index is 0.0621. The largest absolute Gasteiger partial charge is 0.495 e. The summed E-state index contributed by atoms with van der Waals surface area (Å²) in [5, 5.41) is 1.70. The molecule has 0 amide bonds. The molecule has 1 aromatic rings. The third-order valence-electron chi connectivity index (χ3n) is 3.59. The van der Waals surface area contributed by atoms with E-state index in [1.54, 1.807) is 11.1 Å². The van der Waals surface area contributed by atoms with Crippen molar-refractivity contribution in [2.75, 3.05) is 46.1 Å². The van der Waals surface area contributed by atoms with Gasteiger partial charge in [0.2, 0.25) is 0 Å². The van der Waals surface area contributed by atoms with Crippen LogP contribution in [0.15, 0.2) is 17.0 Å². The average molecular weight is 314 g/mol. The second-order valence-corrected chi connectivity index (χ2v) is 6.87. The molecule has 0 unspecified atom stereocenters. The van der Waals surface area contributed by atoms with Crippen molar-refractivity contribution >= 4 is 15.7 Å². The predicted octanol–water partition coefficient (Wildman–Crippen LogP) is 0.0265. The zero-order valence-electron chi connectivity index (χ0n) is 12.6. The average Bonchev–Trinajstić information content (AvgIpc) is 2.43. The van der Waals surface area contributed by atoms with Gasteiger partial charge < -0.3 is 15.4 Å². The Kier molecular flexibility index (Phi) is 4.72. The second kappa shape index (κ2) is 6.18. The van der Waals surface area contributed by atoms with Crippen molar-refractivity contribution in [1.82, 2.24) is 14.7 Å². The van der Waals surface area contributed by atoms with Crippen molar-refractivity contribution in [3.05, 3.63) is 17.7 Å². The molecule has 1 saturated heterocycles. The van der Waals surface area contributed by atoms with Crippen LogP contribution in [0.4, 0.5) is 5.69 Å². The van der Waals surface area contributed by atoms with Crippen LogP contribution in [0.2, 0.25) is 0 Å². The van der Waals surface area contributed by atoms with Crippen molar-refractivity contribution in [1.29, 1.82) is 0 Å². The minimum atomic E-state index is -3.71. The Labute approximate surface area is 125 Å². The Bertz CT molecular complexity index is 610. The first-order chi connectivity index (χ1) is 9.83. The highest BCUT2D eigenvalue weighted by Gasteiger charge is 2.25. The molecule has 0 bridgehead atoms. The molecule has 118 valence electrons. The Balaban J connectivity index is 2.25. The molecule has 0 atom stereocenters. The lowest BCUT2D eigenvalue weighted by molar-refractivity contribution is 0.134. The van der Waals surface area contributed by atoms with Crippen molar-refractivity contribution in [3.8, 4) is 5.75 Å². The summed E-state index contributed by atoms with van der Waals surface area (Å²) in [5.41, 5.74) is 7.03. The van der Waals surface area contributed by atoms with Gasteiger partial charge in [0.25, 0.3) is 10.0 Å². The molecule has 21 heavy (non-hydrogen) atoms. The Morgan fingerprint density at radius 2 is 1.86 bits per heavy atom. The number of hydrogen-bond donors (Lipinski definition) is 2. The number of ether oxygens (including phenoxy) is 1. The number of hydrogen-bond acceptors (Lipinski definition) is 6. The van der Waals surface area contributed by atoms with Crippen LogP contribution >= 0.6 is 0 Å². The number of piperazine rings is 1. The fourth-order valence-electron chi connectivity index (χ4n) is 2.16. The van der Waals surface area contributed by atoms with Gasteiger partial charge in [0.1, 0.15) is 10.6 Å². The summed E-state index contributed by atoms with van der Waals surface area (Å²) < 4.78 is 30.2. The number of sulfonamides is 1. The van der Waals surface area contributed by atoms with Crippen LogP contribution in [-0.2, 0) is 10.0 Å². The van der Waals surface area contributed by atoms with Crippen LogP contribution in [0.25, 0.3) is 0 Å². The highest BCUT2D eigenvalue weighted by atomic mass is 32.2.